The lowest BCUT2D eigenvalue weighted by Crippen LogP contribution is -2.62. The van der Waals surface area contributed by atoms with Crippen LogP contribution in [0, 0.1) is 0 Å². The van der Waals surface area contributed by atoms with Crippen molar-refractivity contribution in [2.24, 2.45) is 0 Å². The van der Waals surface area contributed by atoms with Crippen LogP contribution in [0.3, 0.4) is 0 Å². The molecule has 38 heavy (non-hydrogen) atoms. The van der Waals surface area contributed by atoms with Crippen LogP contribution in [0.4, 0.5) is 4.79 Å². The second-order valence-corrected chi connectivity index (χ2v) is 11.0. The lowest BCUT2D eigenvalue weighted by molar-refractivity contribution is 0.0826. The van der Waals surface area contributed by atoms with Gasteiger partial charge >= 0.3 is 6.03 Å². The van der Waals surface area contributed by atoms with Gasteiger partial charge in [0.15, 0.2) is 5.01 Å². The number of piperidine rings is 1. The molecule has 4 amide bonds. The van der Waals surface area contributed by atoms with Gasteiger partial charge in [0.2, 0.25) is 0 Å². The zero-order valence-electron chi connectivity index (χ0n) is 21.2. The Morgan fingerprint density at radius 3 is 2.74 bits per heavy atom. The lowest BCUT2D eigenvalue weighted by atomic mass is 9.99. The number of aromatic amines is 1. The van der Waals surface area contributed by atoms with Gasteiger partial charge in [0.1, 0.15) is 5.69 Å². The third-order valence-corrected chi connectivity index (χ3v) is 8.12. The number of rotatable bonds is 5. The van der Waals surface area contributed by atoms with Crippen LogP contribution >= 0.6 is 35.3 Å². The molecule has 0 saturated carbocycles. The van der Waals surface area contributed by atoms with E-state index in [2.05, 4.69) is 37.9 Å². The molecule has 2 aliphatic heterocycles. The quantitative estimate of drug-likeness (QED) is 0.370. The van der Waals surface area contributed by atoms with Crippen LogP contribution in [0.1, 0.15) is 44.2 Å². The fourth-order valence-corrected chi connectivity index (χ4v) is 6.11. The van der Waals surface area contributed by atoms with Crippen LogP contribution in [0.2, 0.25) is 5.02 Å². The summed E-state index contributed by atoms with van der Waals surface area (Å²) in [5.74, 6) is -0.569. The predicted octanol–water partition coefficient (Wildman–Crippen LogP) is 3.02. The molecule has 4 heterocycles. The van der Waals surface area contributed by atoms with Crippen molar-refractivity contribution < 1.29 is 14.4 Å². The monoisotopic (exact) mass is 579 g/mol. The summed E-state index contributed by atoms with van der Waals surface area (Å²) in [6.45, 7) is 4.80. The van der Waals surface area contributed by atoms with Crippen LogP contribution in [-0.4, -0.2) is 82.9 Å². The van der Waals surface area contributed by atoms with Gasteiger partial charge in [0.25, 0.3) is 11.8 Å². The van der Waals surface area contributed by atoms with E-state index in [4.69, 9.17) is 11.6 Å². The Morgan fingerprint density at radius 1 is 1.16 bits per heavy atom. The van der Waals surface area contributed by atoms with E-state index in [1.54, 1.807) is 23.1 Å². The second-order valence-electron chi connectivity index (χ2n) is 9.52. The number of fused-ring (bicyclic) bond motifs is 2. The van der Waals surface area contributed by atoms with Crippen molar-refractivity contribution in [1.29, 1.82) is 0 Å². The van der Waals surface area contributed by atoms with Gasteiger partial charge in [-0.2, -0.15) is 0 Å². The van der Waals surface area contributed by atoms with E-state index in [1.165, 1.54) is 11.3 Å². The Kier molecular flexibility index (Phi) is 8.81. The Morgan fingerprint density at radius 2 is 1.95 bits per heavy atom. The topological polar surface area (TPSA) is 122 Å². The average Bonchev–Trinajstić information content (AvgIpc) is 3.49. The number of hydrogen-bond donors (Lipinski definition) is 4. The van der Waals surface area contributed by atoms with E-state index < -0.39 is 6.04 Å². The summed E-state index contributed by atoms with van der Waals surface area (Å²) < 4.78 is 0. The highest BCUT2D eigenvalue weighted by atomic mass is 35.5. The van der Waals surface area contributed by atoms with Crippen LogP contribution in [0.5, 0.6) is 0 Å². The van der Waals surface area contributed by atoms with Gasteiger partial charge in [0.05, 0.1) is 17.8 Å². The highest BCUT2D eigenvalue weighted by Gasteiger charge is 2.35. The minimum atomic E-state index is -0.477. The summed E-state index contributed by atoms with van der Waals surface area (Å²) in [7, 11) is 2.05. The molecule has 2 aromatic heterocycles. The maximum Gasteiger partial charge on any atom is 0.317 e. The number of carbonyl (C=O) groups excluding carboxylic acids is 3. The molecule has 10 nitrogen and oxygen atoms in total. The van der Waals surface area contributed by atoms with E-state index in [0.717, 1.165) is 41.0 Å². The van der Waals surface area contributed by atoms with E-state index in [9.17, 15) is 14.4 Å². The average molecular weight is 581 g/mol. The minimum absolute atomic E-state index is 0. The van der Waals surface area contributed by atoms with Crippen molar-refractivity contribution in [2.75, 3.05) is 33.2 Å². The van der Waals surface area contributed by atoms with E-state index in [-0.39, 0.29) is 42.8 Å². The third kappa shape index (κ3) is 6.06. The number of nitrogens with zero attached hydrogens (tertiary/aromatic N) is 3. The molecule has 3 aromatic rings. The largest absolute Gasteiger partial charge is 0.351 e. The van der Waals surface area contributed by atoms with Gasteiger partial charge in [0, 0.05) is 59.9 Å². The standard InChI is InChI=1S/C25H30ClN7O3S.ClH/c1-3-27-25(36)33-9-7-17(29-22(34)19-11-14-10-15(26)4-5-16(14)28-19)20(12-33)30-23(35)24-31-18-6-8-32(2)13-21(18)37-24;/h4-5,10-11,17,20,28H,3,6-9,12-13H2,1-2H3,(H,27,36)(H,29,34)(H,30,35);1H. The van der Waals surface area contributed by atoms with E-state index in [1.807, 2.05) is 13.0 Å². The molecule has 13 heteroatoms. The van der Waals surface area contributed by atoms with Crippen LogP contribution in [-0.2, 0) is 13.0 Å². The molecule has 0 aliphatic carbocycles. The number of thiazole rings is 1. The molecule has 0 spiro atoms. The first kappa shape index (κ1) is 28.2. The van der Waals surface area contributed by atoms with Gasteiger partial charge in [-0.15, -0.1) is 23.7 Å². The molecule has 1 fully saturated rings. The summed E-state index contributed by atoms with van der Waals surface area (Å²) in [6, 6.07) is 6.11. The first-order chi connectivity index (χ1) is 17.8. The molecule has 2 atom stereocenters. The van der Waals surface area contributed by atoms with Crippen molar-refractivity contribution >= 4 is 64.1 Å². The first-order valence-corrected chi connectivity index (χ1v) is 13.6. The SMILES string of the molecule is CCNC(=O)N1CCC(NC(=O)c2cc3cc(Cl)ccc3[nH]2)C(NC(=O)c2nc3c(s2)CN(C)CC3)C1.Cl. The van der Waals surface area contributed by atoms with E-state index >= 15 is 0 Å². The number of amides is 4. The summed E-state index contributed by atoms with van der Waals surface area (Å²) >= 11 is 7.49. The Hall–Kier alpha value is -2.86. The van der Waals surface area contributed by atoms with Crippen molar-refractivity contribution in [3.63, 3.8) is 0 Å². The zero-order chi connectivity index (χ0) is 26.1. The molecule has 5 rings (SSSR count). The Labute approximate surface area is 235 Å². The number of hydrogen-bond acceptors (Lipinski definition) is 6. The lowest BCUT2D eigenvalue weighted by Gasteiger charge is -2.39. The number of benzene rings is 1. The van der Waals surface area contributed by atoms with Gasteiger partial charge in [-0.05, 0) is 44.7 Å². The molecule has 1 aromatic carbocycles. The zero-order valence-corrected chi connectivity index (χ0v) is 23.6. The number of carbonyl (C=O) groups is 3. The summed E-state index contributed by atoms with van der Waals surface area (Å²) in [5.41, 5.74) is 2.19. The highest BCUT2D eigenvalue weighted by Crippen LogP contribution is 2.25. The molecule has 204 valence electrons. The fourth-order valence-electron chi connectivity index (χ4n) is 4.84. The highest BCUT2D eigenvalue weighted by molar-refractivity contribution is 7.13. The fraction of sp³-hybridized carbons (Fsp3) is 0.440. The number of nitrogens with one attached hydrogen (secondary N) is 4. The van der Waals surface area contributed by atoms with Crippen LogP contribution in [0.25, 0.3) is 10.9 Å². The Bertz CT molecular complexity index is 1340. The number of urea groups is 1. The molecule has 1 saturated heterocycles. The minimum Gasteiger partial charge on any atom is -0.351 e. The smallest absolute Gasteiger partial charge is 0.317 e. The number of likely N-dealkylation sites (N-methyl/N-ethyl adjacent to an activating group) is 1. The molecule has 0 bridgehead atoms. The Balaban J connectivity index is 0.00000336. The van der Waals surface area contributed by atoms with Crippen molar-refractivity contribution in [2.45, 2.75) is 38.4 Å². The van der Waals surface area contributed by atoms with Gasteiger partial charge in [-0.1, -0.05) is 11.6 Å². The van der Waals surface area contributed by atoms with Gasteiger partial charge in [-0.25, -0.2) is 9.78 Å². The summed E-state index contributed by atoms with van der Waals surface area (Å²) in [6.07, 6.45) is 1.32. The summed E-state index contributed by atoms with van der Waals surface area (Å²) in [4.78, 5) is 51.6. The van der Waals surface area contributed by atoms with Crippen molar-refractivity contribution in [1.82, 2.24) is 35.7 Å². The molecule has 2 aliphatic rings. The predicted molar refractivity (Wildman–Crippen MR) is 150 cm³/mol. The summed E-state index contributed by atoms with van der Waals surface area (Å²) in [5, 5.41) is 10.8. The van der Waals surface area contributed by atoms with E-state index in [0.29, 0.717) is 35.2 Å². The molecular weight excluding hydrogens is 549 g/mol. The van der Waals surface area contributed by atoms with Gasteiger partial charge in [-0.3, -0.25) is 9.59 Å². The molecular formula is C25H31Cl2N7O3S. The van der Waals surface area contributed by atoms with Crippen LogP contribution < -0.4 is 16.0 Å². The molecule has 0 radical (unpaired) electrons. The maximum absolute atomic E-state index is 13.2. The van der Waals surface area contributed by atoms with Crippen molar-refractivity contribution in [3.05, 3.63) is 50.6 Å². The van der Waals surface area contributed by atoms with Crippen molar-refractivity contribution in [3.8, 4) is 0 Å². The maximum atomic E-state index is 13.2. The third-order valence-electron chi connectivity index (χ3n) is 6.80. The normalized spacial score (nSPS) is 19.4. The number of likely N-dealkylation sites (tertiary alicyclic amines) is 1. The number of H-pyrrole nitrogens is 1. The number of halogens is 2. The van der Waals surface area contributed by atoms with Gasteiger partial charge < -0.3 is 30.7 Å². The number of aromatic nitrogens is 2. The second kappa shape index (κ2) is 11.9. The molecule has 2 unspecified atom stereocenters. The van der Waals surface area contributed by atoms with Crippen LogP contribution in [0.15, 0.2) is 24.3 Å². The molecule has 4 N–H and O–H groups in total. The first-order valence-electron chi connectivity index (χ1n) is 12.4.